The molecule has 3 aliphatic carbocycles. The van der Waals surface area contributed by atoms with Gasteiger partial charge >= 0.3 is 0 Å². The monoisotopic (exact) mass is 464 g/mol. The van der Waals surface area contributed by atoms with Crippen molar-refractivity contribution in [3.05, 3.63) is 75.6 Å². The molecule has 182 valence electrons. The molecule has 6 rings (SSSR count). The Labute approximate surface area is 212 Å². The maximum absolute atomic E-state index is 2.63. The van der Waals surface area contributed by atoms with Crippen LogP contribution in [-0.4, -0.2) is 0 Å². The predicted octanol–water partition coefficient (Wildman–Crippen LogP) is 8.78. The zero-order valence-electron chi connectivity index (χ0n) is 22.5. The number of pyridine rings is 1. The minimum atomic E-state index is 0.288. The molecule has 3 aliphatic rings. The Morgan fingerprint density at radius 1 is 0.886 bits per heavy atom. The van der Waals surface area contributed by atoms with Crippen LogP contribution in [0.15, 0.2) is 36.5 Å². The average molecular weight is 465 g/mol. The molecule has 35 heavy (non-hydrogen) atoms. The van der Waals surface area contributed by atoms with Crippen molar-refractivity contribution in [3.8, 4) is 0 Å². The molecule has 2 fully saturated rings. The van der Waals surface area contributed by atoms with Gasteiger partial charge in [-0.25, -0.2) is 4.57 Å². The molecule has 0 saturated heterocycles. The van der Waals surface area contributed by atoms with E-state index < -0.39 is 0 Å². The highest BCUT2D eigenvalue weighted by atomic mass is 14.9. The molecule has 0 radical (unpaired) electrons. The number of hydrogen-bond acceptors (Lipinski definition) is 0. The lowest BCUT2D eigenvalue weighted by Gasteiger charge is -2.21. The van der Waals surface area contributed by atoms with Crippen molar-refractivity contribution in [2.24, 2.45) is 12.5 Å². The van der Waals surface area contributed by atoms with Crippen molar-refractivity contribution in [1.29, 1.82) is 0 Å². The van der Waals surface area contributed by atoms with Crippen LogP contribution in [0.1, 0.15) is 123 Å². The maximum atomic E-state index is 2.63. The van der Waals surface area contributed by atoms with Crippen LogP contribution in [0, 0.1) is 12.3 Å². The van der Waals surface area contributed by atoms with Crippen molar-refractivity contribution in [2.75, 3.05) is 0 Å². The summed E-state index contributed by atoms with van der Waals surface area (Å²) in [5.41, 5.74) is 12.3. The zero-order chi connectivity index (χ0) is 24.3. The van der Waals surface area contributed by atoms with Gasteiger partial charge < -0.3 is 0 Å². The summed E-state index contributed by atoms with van der Waals surface area (Å²) in [5, 5.41) is 2.83. The number of aromatic nitrogens is 1. The highest BCUT2D eigenvalue weighted by Gasteiger charge is 2.31. The van der Waals surface area contributed by atoms with Crippen LogP contribution in [0.5, 0.6) is 0 Å². The fraction of sp³-hybridized carbons (Fsp3) is 0.500. The summed E-state index contributed by atoms with van der Waals surface area (Å²) in [7, 11) is 2.23. The van der Waals surface area contributed by atoms with Crippen LogP contribution in [0.3, 0.4) is 0 Å². The van der Waals surface area contributed by atoms with Gasteiger partial charge in [0.2, 0.25) is 5.69 Å². The Hall–Kier alpha value is -2.41. The predicted molar refractivity (Wildman–Crippen MR) is 149 cm³/mol. The summed E-state index contributed by atoms with van der Waals surface area (Å²) in [5.74, 6) is 1.50. The number of rotatable bonds is 4. The van der Waals surface area contributed by atoms with Crippen molar-refractivity contribution in [1.82, 2.24) is 0 Å². The SMILES string of the molecule is Cc1c(C2=Cc3cc(CC(C)(C)C)cc4cc[n+](C)c2c34)cc(C2CCCC2)cc1C1CCCC1. The Balaban J connectivity index is 1.54. The van der Waals surface area contributed by atoms with Crippen LogP contribution in [0.2, 0.25) is 0 Å². The van der Waals surface area contributed by atoms with E-state index in [1.165, 1.54) is 95.7 Å². The molecule has 3 aromatic rings. The van der Waals surface area contributed by atoms with Gasteiger partial charge in [0.25, 0.3) is 0 Å². The molecular formula is C34H42N+. The van der Waals surface area contributed by atoms with Gasteiger partial charge in [-0.15, -0.1) is 0 Å². The van der Waals surface area contributed by atoms with Crippen molar-refractivity contribution in [3.63, 3.8) is 0 Å². The Bertz CT molecular complexity index is 1320. The van der Waals surface area contributed by atoms with E-state index in [1.807, 2.05) is 0 Å². The van der Waals surface area contributed by atoms with E-state index in [-0.39, 0.29) is 5.41 Å². The van der Waals surface area contributed by atoms with Crippen LogP contribution < -0.4 is 4.57 Å². The molecule has 0 atom stereocenters. The summed E-state index contributed by atoms with van der Waals surface area (Å²) in [4.78, 5) is 0. The van der Waals surface area contributed by atoms with Crippen molar-refractivity contribution in [2.45, 2.75) is 97.3 Å². The lowest BCUT2D eigenvalue weighted by Crippen LogP contribution is -2.32. The largest absolute Gasteiger partial charge is 0.221 e. The molecule has 2 saturated carbocycles. The van der Waals surface area contributed by atoms with Gasteiger partial charge in [-0.3, -0.25) is 0 Å². The first-order valence-electron chi connectivity index (χ1n) is 14.1. The molecule has 0 bridgehead atoms. The molecule has 0 N–H and O–H groups in total. The van der Waals surface area contributed by atoms with Gasteiger partial charge in [-0.1, -0.05) is 70.7 Å². The standard InChI is InChI=1S/C34H42N/c1-22-29(25-12-8-9-13-25)18-27(24-10-6-7-11-24)19-30(22)31-20-28-17-23(21-34(2,3)4)16-26-14-15-35(5)33(31)32(26)28/h14-20,24-25H,6-13,21H2,1-5H3/q+1. The van der Waals surface area contributed by atoms with Crippen molar-refractivity contribution >= 4 is 22.4 Å². The molecule has 0 amide bonds. The molecule has 0 unspecified atom stereocenters. The molecule has 0 spiro atoms. The maximum Gasteiger partial charge on any atom is 0.221 e. The van der Waals surface area contributed by atoms with Crippen LogP contribution in [0.4, 0.5) is 0 Å². The number of benzene rings is 2. The number of aryl methyl sites for hydroxylation is 1. The normalized spacial score (nSPS) is 18.7. The second kappa shape index (κ2) is 8.61. The minimum absolute atomic E-state index is 0.288. The lowest BCUT2D eigenvalue weighted by molar-refractivity contribution is -0.672. The van der Waals surface area contributed by atoms with Gasteiger partial charge in [-0.2, -0.15) is 0 Å². The third kappa shape index (κ3) is 4.15. The second-order valence-electron chi connectivity index (χ2n) is 13.0. The van der Waals surface area contributed by atoms with Crippen LogP contribution in [-0.2, 0) is 13.5 Å². The molecule has 1 nitrogen and oxygen atoms in total. The first kappa shape index (κ1) is 23.0. The van der Waals surface area contributed by atoms with Gasteiger partial charge in [0, 0.05) is 6.07 Å². The Kier molecular flexibility index (Phi) is 5.66. The average Bonchev–Trinajstić information content (AvgIpc) is 3.57. The molecule has 1 aromatic heterocycles. The summed E-state index contributed by atoms with van der Waals surface area (Å²) < 4.78 is 2.37. The number of hydrogen-bond donors (Lipinski definition) is 0. The van der Waals surface area contributed by atoms with Gasteiger partial charge in [-0.05, 0) is 101 Å². The van der Waals surface area contributed by atoms with Gasteiger partial charge in [0.05, 0.1) is 11.0 Å². The molecular weight excluding hydrogens is 422 g/mol. The Morgan fingerprint density at radius 2 is 1.57 bits per heavy atom. The quantitative estimate of drug-likeness (QED) is 0.266. The Morgan fingerprint density at radius 3 is 2.26 bits per heavy atom. The lowest BCUT2D eigenvalue weighted by atomic mass is 9.83. The minimum Gasteiger partial charge on any atom is -0.200 e. The fourth-order valence-corrected chi connectivity index (χ4v) is 7.38. The van der Waals surface area contributed by atoms with Crippen LogP contribution >= 0.6 is 0 Å². The zero-order valence-corrected chi connectivity index (χ0v) is 22.5. The van der Waals surface area contributed by atoms with Crippen molar-refractivity contribution < 1.29 is 4.57 Å². The first-order valence-corrected chi connectivity index (χ1v) is 14.1. The summed E-state index contributed by atoms with van der Waals surface area (Å²) in [6.07, 6.45) is 16.9. The van der Waals surface area contributed by atoms with Crippen LogP contribution in [0.25, 0.3) is 22.4 Å². The second-order valence-corrected chi connectivity index (χ2v) is 13.0. The van der Waals surface area contributed by atoms with E-state index in [2.05, 4.69) is 81.9 Å². The molecule has 0 aliphatic heterocycles. The fourth-order valence-electron chi connectivity index (χ4n) is 7.38. The van der Waals surface area contributed by atoms with E-state index in [4.69, 9.17) is 0 Å². The van der Waals surface area contributed by atoms with E-state index in [9.17, 15) is 0 Å². The smallest absolute Gasteiger partial charge is 0.200 e. The highest BCUT2D eigenvalue weighted by molar-refractivity contribution is 6.11. The van der Waals surface area contributed by atoms with E-state index in [0.717, 1.165) is 18.3 Å². The van der Waals surface area contributed by atoms with Gasteiger partial charge in [0.1, 0.15) is 7.05 Å². The van der Waals surface area contributed by atoms with E-state index in [0.29, 0.717) is 0 Å². The van der Waals surface area contributed by atoms with E-state index >= 15 is 0 Å². The van der Waals surface area contributed by atoms with E-state index in [1.54, 1.807) is 11.1 Å². The number of nitrogens with zero attached hydrogens (tertiary/aromatic N) is 1. The molecule has 2 aromatic carbocycles. The first-order chi connectivity index (χ1) is 16.8. The third-order valence-corrected chi connectivity index (χ3v) is 9.00. The summed E-state index contributed by atoms with van der Waals surface area (Å²) in [6, 6.07) is 12.5. The third-order valence-electron chi connectivity index (χ3n) is 9.00. The topological polar surface area (TPSA) is 3.88 Å². The van der Waals surface area contributed by atoms with Gasteiger partial charge in [0.15, 0.2) is 6.20 Å². The molecule has 1 heteroatoms. The summed E-state index contributed by atoms with van der Waals surface area (Å²) >= 11 is 0. The summed E-state index contributed by atoms with van der Waals surface area (Å²) in [6.45, 7) is 9.44. The molecule has 1 heterocycles. The highest BCUT2D eigenvalue weighted by Crippen LogP contribution is 2.46.